The predicted octanol–water partition coefficient (Wildman–Crippen LogP) is 3.92. The van der Waals surface area contributed by atoms with Crippen LogP contribution in [0.25, 0.3) is 0 Å². The van der Waals surface area contributed by atoms with Gasteiger partial charge in [-0.15, -0.1) is 12.4 Å². The zero-order chi connectivity index (χ0) is 9.97. The quantitative estimate of drug-likeness (QED) is 0.764. The molecule has 0 amide bonds. The van der Waals surface area contributed by atoms with E-state index in [1.165, 1.54) is 31.5 Å². The molecule has 15 heavy (non-hydrogen) atoms. The number of halogens is 2. The normalized spacial score (nSPS) is 18.5. The fourth-order valence-corrected chi connectivity index (χ4v) is 2.43. The molecule has 1 aromatic carbocycles. The molecule has 2 rings (SSSR count). The van der Waals surface area contributed by atoms with Crippen molar-refractivity contribution in [3.63, 3.8) is 0 Å². The van der Waals surface area contributed by atoms with Crippen molar-refractivity contribution in [1.29, 1.82) is 0 Å². The zero-order valence-electron chi connectivity index (χ0n) is 8.95. The molecule has 0 bridgehead atoms. The van der Waals surface area contributed by atoms with Crippen molar-refractivity contribution >= 4 is 24.0 Å². The van der Waals surface area contributed by atoms with Crippen molar-refractivity contribution in [3.8, 4) is 0 Å². The Labute approximate surface area is 103 Å². The van der Waals surface area contributed by atoms with Crippen molar-refractivity contribution in [1.82, 2.24) is 4.90 Å². The summed E-state index contributed by atoms with van der Waals surface area (Å²) in [6.45, 7) is 4.67. The lowest BCUT2D eigenvalue weighted by molar-refractivity contribution is 0.263. The first-order chi connectivity index (χ1) is 6.79. The van der Waals surface area contributed by atoms with Gasteiger partial charge in [0.1, 0.15) is 0 Å². The summed E-state index contributed by atoms with van der Waals surface area (Å²) >= 11 is 6.17. The highest BCUT2D eigenvalue weighted by atomic mass is 35.5. The summed E-state index contributed by atoms with van der Waals surface area (Å²) in [5.41, 5.74) is 1.26. The molecule has 0 aromatic heterocycles. The molecule has 3 heteroatoms. The largest absolute Gasteiger partial charge is 0.297 e. The van der Waals surface area contributed by atoms with Crippen LogP contribution in [0.2, 0.25) is 5.02 Å². The van der Waals surface area contributed by atoms with Crippen LogP contribution in [0.4, 0.5) is 0 Å². The van der Waals surface area contributed by atoms with Crippen LogP contribution in [0.1, 0.15) is 31.4 Å². The van der Waals surface area contributed by atoms with Crippen molar-refractivity contribution in [2.45, 2.75) is 25.8 Å². The Morgan fingerprint density at radius 2 is 1.80 bits per heavy atom. The third-order valence-electron chi connectivity index (χ3n) is 3.04. The molecule has 0 radical (unpaired) electrons. The Hall–Kier alpha value is -0.240. The smallest absolute Gasteiger partial charge is 0.0453 e. The molecule has 1 saturated heterocycles. The molecule has 1 aliphatic heterocycles. The first-order valence-electron chi connectivity index (χ1n) is 5.27. The van der Waals surface area contributed by atoms with E-state index in [9.17, 15) is 0 Å². The van der Waals surface area contributed by atoms with Crippen LogP contribution in [0.15, 0.2) is 24.3 Å². The Kier molecular flexibility index (Phi) is 4.91. The summed E-state index contributed by atoms with van der Waals surface area (Å²) in [5, 5.41) is 0.895. The molecule has 1 nitrogen and oxygen atoms in total. The maximum absolute atomic E-state index is 6.17. The molecule has 0 spiro atoms. The average Bonchev–Trinajstić information content (AvgIpc) is 2.70. The van der Waals surface area contributed by atoms with E-state index in [0.717, 1.165) is 5.02 Å². The van der Waals surface area contributed by atoms with Crippen molar-refractivity contribution in [2.75, 3.05) is 13.1 Å². The Morgan fingerprint density at radius 3 is 2.40 bits per heavy atom. The summed E-state index contributed by atoms with van der Waals surface area (Å²) < 4.78 is 0. The van der Waals surface area contributed by atoms with Gasteiger partial charge in [-0.2, -0.15) is 0 Å². The van der Waals surface area contributed by atoms with Crippen molar-refractivity contribution in [2.24, 2.45) is 0 Å². The minimum absolute atomic E-state index is 0. The number of hydrogen-bond donors (Lipinski definition) is 0. The lowest BCUT2D eigenvalue weighted by Gasteiger charge is -2.24. The number of likely N-dealkylation sites (tertiary alicyclic amines) is 1. The predicted molar refractivity (Wildman–Crippen MR) is 67.9 cm³/mol. The average molecular weight is 246 g/mol. The van der Waals surface area contributed by atoms with Crippen molar-refractivity contribution < 1.29 is 0 Å². The summed E-state index contributed by atoms with van der Waals surface area (Å²) in [7, 11) is 0. The Balaban J connectivity index is 0.00000112. The standard InChI is InChI=1S/C12H16ClN.ClH/c1-10(14-8-4-5-9-14)11-6-2-3-7-12(11)13;/h2-3,6-7,10H,4-5,8-9H2,1H3;1H. The molecular weight excluding hydrogens is 229 g/mol. The SMILES string of the molecule is CC(c1ccccc1Cl)N1CCCC1.Cl. The van der Waals surface area contributed by atoms with Gasteiger partial charge in [0.15, 0.2) is 0 Å². The van der Waals surface area contributed by atoms with Gasteiger partial charge in [0.2, 0.25) is 0 Å². The fourth-order valence-electron chi connectivity index (χ4n) is 2.14. The fraction of sp³-hybridized carbons (Fsp3) is 0.500. The second-order valence-electron chi connectivity index (χ2n) is 3.94. The van der Waals surface area contributed by atoms with E-state index in [-0.39, 0.29) is 12.4 Å². The minimum atomic E-state index is 0. The third kappa shape index (κ3) is 2.87. The molecule has 84 valence electrons. The van der Waals surface area contributed by atoms with E-state index < -0.39 is 0 Å². The van der Waals surface area contributed by atoms with E-state index in [0.29, 0.717) is 6.04 Å². The second-order valence-corrected chi connectivity index (χ2v) is 4.35. The maximum atomic E-state index is 6.17. The van der Waals surface area contributed by atoms with Crippen LogP contribution in [0.3, 0.4) is 0 Å². The first kappa shape index (κ1) is 12.8. The van der Waals surface area contributed by atoms with E-state index in [2.05, 4.69) is 24.0 Å². The van der Waals surface area contributed by atoms with Gasteiger partial charge in [0.25, 0.3) is 0 Å². The monoisotopic (exact) mass is 245 g/mol. The van der Waals surface area contributed by atoms with E-state index >= 15 is 0 Å². The molecule has 1 aliphatic rings. The number of hydrogen-bond acceptors (Lipinski definition) is 1. The molecule has 0 saturated carbocycles. The van der Waals surface area contributed by atoms with Gasteiger partial charge in [-0.1, -0.05) is 29.8 Å². The highest BCUT2D eigenvalue weighted by Gasteiger charge is 2.20. The maximum Gasteiger partial charge on any atom is 0.0453 e. The summed E-state index contributed by atoms with van der Waals surface area (Å²) in [4.78, 5) is 2.50. The lowest BCUT2D eigenvalue weighted by atomic mass is 10.1. The summed E-state index contributed by atoms with van der Waals surface area (Å²) in [5.74, 6) is 0. The van der Waals surface area contributed by atoms with Crippen LogP contribution in [0, 0.1) is 0 Å². The number of rotatable bonds is 2. The lowest BCUT2D eigenvalue weighted by Crippen LogP contribution is -2.23. The van der Waals surface area contributed by atoms with Gasteiger partial charge in [0, 0.05) is 11.1 Å². The number of benzene rings is 1. The molecule has 1 unspecified atom stereocenters. The van der Waals surface area contributed by atoms with E-state index in [1.54, 1.807) is 0 Å². The molecule has 1 heterocycles. The van der Waals surface area contributed by atoms with Gasteiger partial charge in [-0.3, -0.25) is 4.90 Å². The van der Waals surface area contributed by atoms with E-state index in [4.69, 9.17) is 11.6 Å². The molecular formula is C12H17Cl2N. The van der Waals surface area contributed by atoms with Gasteiger partial charge in [-0.25, -0.2) is 0 Å². The van der Waals surface area contributed by atoms with Crippen molar-refractivity contribution in [3.05, 3.63) is 34.9 Å². The number of nitrogens with zero attached hydrogens (tertiary/aromatic N) is 1. The topological polar surface area (TPSA) is 3.24 Å². The summed E-state index contributed by atoms with van der Waals surface area (Å²) in [6.07, 6.45) is 2.66. The van der Waals surface area contributed by atoms with Crippen LogP contribution >= 0.6 is 24.0 Å². The van der Waals surface area contributed by atoms with Gasteiger partial charge >= 0.3 is 0 Å². The van der Waals surface area contributed by atoms with Gasteiger partial charge < -0.3 is 0 Å². The Morgan fingerprint density at radius 1 is 1.20 bits per heavy atom. The highest BCUT2D eigenvalue weighted by Crippen LogP contribution is 2.29. The zero-order valence-corrected chi connectivity index (χ0v) is 10.5. The highest BCUT2D eigenvalue weighted by molar-refractivity contribution is 6.31. The molecule has 0 N–H and O–H groups in total. The van der Waals surface area contributed by atoms with Gasteiger partial charge in [-0.05, 0) is 44.5 Å². The van der Waals surface area contributed by atoms with Crippen LogP contribution < -0.4 is 0 Å². The second kappa shape index (κ2) is 5.74. The van der Waals surface area contributed by atoms with Crippen LogP contribution in [-0.4, -0.2) is 18.0 Å². The van der Waals surface area contributed by atoms with Crippen LogP contribution in [0.5, 0.6) is 0 Å². The summed E-state index contributed by atoms with van der Waals surface area (Å²) in [6, 6.07) is 8.62. The third-order valence-corrected chi connectivity index (χ3v) is 3.39. The van der Waals surface area contributed by atoms with Crippen LogP contribution in [-0.2, 0) is 0 Å². The molecule has 0 aliphatic carbocycles. The Bertz CT molecular complexity index is 308. The minimum Gasteiger partial charge on any atom is -0.297 e. The molecule has 1 aromatic rings. The van der Waals surface area contributed by atoms with Gasteiger partial charge in [0.05, 0.1) is 0 Å². The molecule has 1 fully saturated rings. The molecule has 1 atom stereocenters. The first-order valence-corrected chi connectivity index (χ1v) is 5.65. The van der Waals surface area contributed by atoms with E-state index in [1.807, 2.05) is 12.1 Å².